The fourth-order valence-electron chi connectivity index (χ4n) is 0.0745. The second kappa shape index (κ2) is 3.09. The van der Waals surface area contributed by atoms with Crippen LogP contribution in [0.15, 0.2) is 0 Å². The molecule has 0 saturated carbocycles. The Morgan fingerprint density at radius 2 is 2.33 bits per heavy atom. The zero-order chi connectivity index (χ0) is 4.99. The predicted octanol–water partition coefficient (Wildman–Crippen LogP) is 0.895. The van der Waals surface area contributed by atoms with Gasteiger partial charge in [-0.05, 0) is 6.92 Å². The van der Waals surface area contributed by atoms with Crippen LogP contribution in [0.25, 0.3) is 0 Å². The SMILES string of the molecule is CCN(C)C=S. The Hall–Kier alpha value is -0.110. The van der Waals surface area contributed by atoms with E-state index in [1.54, 1.807) is 5.49 Å². The van der Waals surface area contributed by atoms with Crippen LogP contribution in [0.3, 0.4) is 0 Å². The van der Waals surface area contributed by atoms with Gasteiger partial charge in [0, 0.05) is 13.6 Å². The fourth-order valence-corrected chi connectivity index (χ4v) is 0.224. The van der Waals surface area contributed by atoms with Gasteiger partial charge in [0.2, 0.25) is 0 Å². The maximum atomic E-state index is 4.57. The van der Waals surface area contributed by atoms with Crippen LogP contribution in [0.1, 0.15) is 6.92 Å². The normalized spacial score (nSPS) is 7.67. The molecule has 0 rings (SSSR count). The Kier molecular flexibility index (Phi) is 3.04. The van der Waals surface area contributed by atoms with Gasteiger partial charge < -0.3 is 4.90 Å². The van der Waals surface area contributed by atoms with Gasteiger partial charge in [0.15, 0.2) is 0 Å². The first-order valence-electron chi connectivity index (χ1n) is 1.96. The molecule has 0 unspecified atom stereocenters. The molecule has 0 fully saturated rings. The van der Waals surface area contributed by atoms with Gasteiger partial charge in [0.05, 0.1) is 5.49 Å². The predicted molar refractivity (Wildman–Crippen MR) is 32.0 cm³/mol. The second-order valence-electron chi connectivity index (χ2n) is 1.18. The molecule has 0 N–H and O–H groups in total. The number of hydrogen-bond donors (Lipinski definition) is 0. The van der Waals surface area contributed by atoms with Crippen molar-refractivity contribution in [2.24, 2.45) is 0 Å². The highest BCUT2D eigenvalue weighted by Crippen LogP contribution is 1.69. The molecule has 0 aromatic rings. The van der Waals surface area contributed by atoms with Gasteiger partial charge in [0.1, 0.15) is 0 Å². The van der Waals surface area contributed by atoms with Crippen LogP contribution in [0, 0.1) is 0 Å². The van der Waals surface area contributed by atoms with E-state index in [1.807, 2.05) is 11.9 Å². The Morgan fingerprint density at radius 1 is 1.83 bits per heavy atom. The summed E-state index contributed by atoms with van der Waals surface area (Å²) < 4.78 is 0. The largest absolute Gasteiger partial charge is 0.372 e. The van der Waals surface area contributed by atoms with Gasteiger partial charge >= 0.3 is 0 Å². The first kappa shape index (κ1) is 5.89. The van der Waals surface area contributed by atoms with Crippen molar-refractivity contribution in [3.8, 4) is 0 Å². The van der Waals surface area contributed by atoms with E-state index in [4.69, 9.17) is 0 Å². The number of rotatable bonds is 2. The molecule has 0 saturated heterocycles. The van der Waals surface area contributed by atoms with Crippen molar-refractivity contribution in [2.45, 2.75) is 6.92 Å². The minimum atomic E-state index is 1.00. The van der Waals surface area contributed by atoms with E-state index in [0.717, 1.165) is 6.54 Å². The van der Waals surface area contributed by atoms with E-state index in [0.29, 0.717) is 0 Å². The van der Waals surface area contributed by atoms with Crippen LogP contribution in [-0.4, -0.2) is 24.0 Å². The molecule has 0 aliphatic carbocycles. The summed E-state index contributed by atoms with van der Waals surface area (Å²) in [6, 6.07) is 0. The van der Waals surface area contributed by atoms with Crippen molar-refractivity contribution < 1.29 is 0 Å². The summed E-state index contributed by atoms with van der Waals surface area (Å²) in [5, 5.41) is 0. The van der Waals surface area contributed by atoms with Gasteiger partial charge in [-0.3, -0.25) is 0 Å². The van der Waals surface area contributed by atoms with Crippen molar-refractivity contribution >= 4 is 17.7 Å². The highest BCUT2D eigenvalue weighted by atomic mass is 32.1. The lowest BCUT2D eigenvalue weighted by molar-refractivity contribution is 0.560. The molecule has 0 spiro atoms. The van der Waals surface area contributed by atoms with E-state index >= 15 is 0 Å². The molecule has 0 atom stereocenters. The van der Waals surface area contributed by atoms with Gasteiger partial charge in [-0.1, -0.05) is 12.2 Å². The third kappa shape index (κ3) is 2.15. The van der Waals surface area contributed by atoms with Gasteiger partial charge in [-0.15, -0.1) is 0 Å². The molecule has 0 radical (unpaired) electrons. The lowest BCUT2D eigenvalue weighted by Crippen LogP contribution is -2.12. The maximum absolute atomic E-state index is 4.57. The molecule has 0 bridgehead atoms. The Labute approximate surface area is 44.0 Å². The Bertz CT molecular complexity index is 44.8. The summed E-state index contributed by atoms with van der Waals surface area (Å²) in [6.07, 6.45) is 0. The third-order valence-electron chi connectivity index (χ3n) is 0.679. The van der Waals surface area contributed by atoms with Crippen molar-refractivity contribution in [3.05, 3.63) is 0 Å². The monoisotopic (exact) mass is 103 g/mol. The molecule has 0 aliphatic rings. The van der Waals surface area contributed by atoms with Crippen molar-refractivity contribution in [1.82, 2.24) is 4.90 Å². The van der Waals surface area contributed by atoms with E-state index in [1.165, 1.54) is 0 Å². The summed E-state index contributed by atoms with van der Waals surface area (Å²) in [5.74, 6) is 0. The molecule has 6 heavy (non-hydrogen) atoms. The minimum Gasteiger partial charge on any atom is -0.372 e. The summed E-state index contributed by atoms with van der Waals surface area (Å²) >= 11 is 4.57. The number of nitrogens with zero attached hydrogens (tertiary/aromatic N) is 1. The van der Waals surface area contributed by atoms with Crippen molar-refractivity contribution in [3.63, 3.8) is 0 Å². The van der Waals surface area contributed by atoms with Gasteiger partial charge in [-0.25, -0.2) is 0 Å². The van der Waals surface area contributed by atoms with Crippen LogP contribution >= 0.6 is 12.2 Å². The molecule has 0 amide bonds. The van der Waals surface area contributed by atoms with E-state index in [9.17, 15) is 0 Å². The van der Waals surface area contributed by atoms with Crippen molar-refractivity contribution in [1.29, 1.82) is 0 Å². The lowest BCUT2D eigenvalue weighted by Gasteiger charge is -2.04. The van der Waals surface area contributed by atoms with E-state index < -0.39 is 0 Å². The molecule has 0 heterocycles. The molecule has 0 aromatic carbocycles. The molecule has 36 valence electrons. The van der Waals surface area contributed by atoms with E-state index in [2.05, 4.69) is 19.1 Å². The average molecular weight is 103 g/mol. The molecular formula is C4H9NS. The van der Waals surface area contributed by atoms with E-state index in [-0.39, 0.29) is 0 Å². The smallest absolute Gasteiger partial charge is 0.0638 e. The first-order chi connectivity index (χ1) is 2.81. The molecular weight excluding hydrogens is 94.1 g/mol. The lowest BCUT2D eigenvalue weighted by atomic mass is 10.7. The summed E-state index contributed by atoms with van der Waals surface area (Å²) in [7, 11) is 1.95. The maximum Gasteiger partial charge on any atom is 0.0638 e. The summed E-state index contributed by atoms with van der Waals surface area (Å²) in [5.41, 5.74) is 1.64. The summed E-state index contributed by atoms with van der Waals surface area (Å²) in [4.78, 5) is 1.94. The van der Waals surface area contributed by atoms with Crippen LogP contribution in [0.5, 0.6) is 0 Å². The summed E-state index contributed by atoms with van der Waals surface area (Å²) in [6.45, 7) is 3.06. The molecule has 0 aliphatic heterocycles. The first-order valence-corrected chi connectivity index (χ1v) is 2.44. The van der Waals surface area contributed by atoms with Crippen LogP contribution in [0.4, 0.5) is 0 Å². The van der Waals surface area contributed by atoms with Crippen LogP contribution in [0.2, 0.25) is 0 Å². The van der Waals surface area contributed by atoms with Gasteiger partial charge in [-0.2, -0.15) is 0 Å². The number of hydrogen-bond acceptors (Lipinski definition) is 1. The molecule has 2 heteroatoms. The Morgan fingerprint density at radius 3 is 2.33 bits per heavy atom. The quantitative estimate of drug-likeness (QED) is 0.478. The Balaban J connectivity index is 2.96. The highest BCUT2D eigenvalue weighted by Gasteiger charge is 1.76. The fraction of sp³-hybridized carbons (Fsp3) is 0.750. The molecule has 1 nitrogen and oxygen atoms in total. The average Bonchev–Trinajstić information content (AvgIpc) is 1.65. The minimum absolute atomic E-state index is 1.00. The standard InChI is InChI=1S/C4H9NS/c1-3-5(2)4-6/h4H,3H2,1-2H3. The third-order valence-corrected chi connectivity index (χ3v) is 1.04. The van der Waals surface area contributed by atoms with Crippen molar-refractivity contribution in [2.75, 3.05) is 13.6 Å². The second-order valence-corrected chi connectivity index (χ2v) is 1.39. The van der Waals surface area contributed by atoms with Crippen LogP contribution < -0.4 is 0 Å². The number of thiocarbonyl (C=S) groups is 1. The highest BCUT2D eigenvalue weighted by molar-refractivity contribution is 7.78. The van der Waals surface area contributed by atoms with Crippen LogP contribution in [-0.2, 0) is 0 Å². The molecule has 0 aromatic heterocycles. The topological polar surface area (TPSA) is 3.24 Å². The zero-order valence-electron chi connectivity index (χ0n) is 4.14. The zero-order valence-corrected chi connectivity index (χ0v) is 4.96. The van der Waals surface area contributed by atoms with Gasteiger partial charge in [0.25, 0.3) is 0 Å².